The fourth-order valence-electron chi connectivity index (χ4n) is 3.02. The van der Waals surface area contributed by atoms with Crippen molar-refractivity contribution in [3.05, 3.63) is 29.3 Å². The molecule has 5 heteroatoms. The molecule has 2 aliphatic rings. The van der Waals surface area contributed by atoms with E-state index in [1.54, 1.807) is 17.0 Å². The Labute approximate surface area is 117 Å². The smallest absolute Gasteiger partial charge is 0.335 e. The van der Waals surface area contributed by atoms with E-state index >= 15 is 0 Å². The van der Waals surface area contributed by atoms with Gasteiger partial charge < -0.3 is 15.3 Å². The average Bonchev–Trinajstić information content (AvgIpc) is 2.90. The maximum absolute atomic E-state index is 12.6. The molecule has 0 bridgehead atoms. The van der Waals surface area contributed by atoms with Gasteiger partial charge in [0.15, 0.2) is 0 Å². The van der Waals surface area contributed by atoms with Crippen LogP contribution in [0.15, 0.2) is 18.2 Å². The van der Waals surface area contributed by atoms with Crippen molar-refractivity contribution >= 4 is 17.6 Å². The minimum Gasteiger partial charge on any atom is -0.478 e. The minimum atomic E-state index is -0.952. The van der Waals surface area contributed by atoms with Gasteiger partial charge in [-0.15, -0.1) is 0 Å². The van der Waals surface area contributed by atoms with Gasteiger partial charge in [-0.25, -0.2) is 4.79 Å². The summed E-state index contributed by atoms with van der Waals surface area (Å²) in [7, 11) is 0. The number of piperidine rings is 1. The van der Waals surface area contributed by atoms with Gasteiger partial charge >= 0.3 is 5.97 Å². The van der Waals surface area contributed by atoms with E-state index in [-0.39, 0.29) is 17.4 Å². The molecule has 20 heavy (non-hydrogen) atoms. The van der Waals surface area contributed by atoms with Gasteiger partial charge in [0, 0.05) is 18.8 Å². The van der Waals surface area contributed by atoms with Crippen molar-refractivity contribution in [1.29, 1.82) is 0 Å². The van der Waals surface area contributed by atoms with Gasteiger partial charge in [0.05, 0.1) is 11.5 Å². The van der Waals surface area contributed by atoms with Crippen molar-refractivity contribution in [2.75, 3.05) is 24.5 Å². The Balaban J connectivity index is 1.85. The predicted octanol–water partition coefficient (Wildman–Crippen LogP) is 1.27. The number of amides is 1. The van der Waals surface area contributed by atoms with E-state index in [0.717, 1.165) is 43.6 Å². The Morgan fingerprint density at radius 3 is 2.90 bits per heavy atom. The van der Waals surface area contributed by atoms with Crippen LogP contribution < -0.4 is 10.2 Å². The van der Waals surface area contributed by atoms with Gasteiger partial charge in [-0.3, -0.25) is 4.79 Å². The number of aromatic carboxylic acids is 1. The zero-order valence-corrected chi connectivity index (χ0v) is 11.3. The van der Waals surface area contributed by atoms with Crippen molar-refractivity contribution in [2.24, 2.45) is 5.92 Å². The molecule has 0 saturated carbocycles. The summed E-state index contributed by atoms with van der Waals surface area (Å²) in [6, 6.07) is 5.06. The highest BCUT2D eigenvalue weighted by molar-refractivity contribution is 5.99. The average molecular weight is 274 g/mol. The van der Waals surface area contributed by atoms with Crippen LogP contribution in [0.1, 0.15) is 28.8 Å². The molecular formula is C15H18N2O3. The number of carboxylic acid groups (broad SMARTS) is 1. The lowest BCUT2D eigenvalue weighted by molar-refractivity contribution is -0.122. The van der Waals surface area contributed by atoms with Gasteiger partial charge in [-0.1, -0.05) is 6.07 Å². The molecule has 0 aliphatic carbocycles. The van der Waals surface area contributed by atoms with Crippen molar-refractivity contribution in [3.8, 4) is 0 Å². The van der Waals surface area contributed by atoms with E-state index in [1.807, 2.05) is 6.07 Å². The van der Waals surface area contributed by atoms with Crippen molar-refractivity contribution in [2.45, 2.75) is 19.3 Å². The first-order valence-corrected chi connectivity index (χ1v) is 7.05. The molecule has 1 fully saturated rings. The molecular weight excluding hydrogens is 256 g/mol. The highest BCUT2D eigenvalue weighted by Crippen LogP contribution is 2.31. The number of nitrogens with one attached hydrogen (secondary N) is 1. The summed E-state index contributed by atoms with van der Waals surface area (Å²) in [5.41, 5.74) is 2.08. The summed E-state index contributed by atoms with van der Waals surface area (Å²) < 4.78 is 0. The third-order valence-corrected chi connectivity index (χ3v) is 4.14. The van der Waals surface area contributed by atoms with Crippen LogP contribution in [-0.2, 0) is 11.2 Å². The fraction of sp³-hybridized carbons (Fsp3) is 0.467. The van der Waals surface area contributed by atoms with E-state index in [9.17, 15) is 9.59 Å². The number of carbonyl (C=O) groups is 2. The molecule has 2 N–H and O–H groups in total. The zero-order chi connectivity index (χ0) is 14.1. The number of hydrogen-bond donors (Lipinski definition) is 2. The van der Waals surface area contributed by atoms with E-state index in [4.69, 9.17) is 5.11 Å². The number of rotatable bonds is 2. The lowest BCUT2D eigenvalue weighted by atomic mass is 9.98. The molecule has 1 aromatic carbocycles. The Kier molecular flexibility index (Phi) is 3.44. The molecule has 0 unspecified atom stereocenters. The topological polar surface area (TPSA) is 69.6 Å². The number of benzene rings is 1. The standard InChI is InChI=1S/C15H18N2O3/c18-14(12-2-1-6-16-9-12)17-7-5-10-3-4-11(15(19)20)8-13(10)17/h3-4,8,12,16H,1-2,5-7,9H2,(H,19,20)/t12-/m1/s1. The van der Waals surface area contributed by atoms with E-state index < -0.39 is 5.97 Å². The SMILES string of the molecule is O=C(O)c1ccc2c(c1)N(C(=O)[C@@H]1CCCNC1)CC2. The monoisotopic (exact) mass is 274 g/mol. The number of fused-ring (bicyclic) bond motifs is 1. The van der Waals surface area contributed by atoms with E-state index in [0.29, 0.717) is 6.54 Å². The maximum Gasteiger partial charge on any atom is 0.335 e. The highest BCUT2D eigenvalue weighted by Gasteiger charge is 2.31. The van der Waals surface area contributed by atoms with Gasteiger partial charge in [0.2, 0.25) is 5.91 Å². The van der Waals surface area contributed by atoms with Crippen LogP contribution in [0.25, 0.3) is 0 Å². The number of nitrogens with zero attached hydrogens (tertiary/aromatic N) is 1. The van der Waals surface area contributed by atoms with Gasteiger partial charge in [-0.2, -0.15) is 0 Å². The summed E-state index contributed by atoms with van der Waals surface area (Å²) in [5.74, 6) is -0.812. The lowest BCUT2D eigenvalue weighted by Gasteiger charge is -2.27. The van der Waals surface area contributed by atoms with Crippen molar-refractivity contribution in [1.82, 2.24) is 5.32 Å². The van der Waals surface area contributed by atoms with Gasteiger partial charge in [-0.05, 0) is 43.5 Å². The van der Waals surface area contributed by atoms with Gasteiger partial charge in [0.25, 0.3) is 0 Å². The summed E-state index contributed by atoms with van der Waals surface area (Å²) >= 11 is 0. The number of anilines is 1. The van der Waals surface area contributed by atoms with Gasteiger partial charge in [0.1, 0.15) is 0 Å². The van der Waals surface area contributed by atoms with Crippen molar-refractivity contribution in [3.63, 3.8) is 0 Å². The van der Waals surface area contributed by atoms with Crippen LogP contribution >= 0.6 is 0 Å². The van der Waals surface area contributed by atoms with Crippen LogP contribution in [0, 0.1) is 5.92 Å². The van der Waals surface area contributed by atoms with Crippen LogP contribution in [0.2, 0.25) is 0 Å². The molecule has 5 nitrogen and oxygen atoms in total. The summed E-state index contributed by atoms with van der Waals surface area (Å²) in [5, 5.41) is 12.3. The van der Waals surface area contributed by atoms with Crippen LogP contribution in [0.5, 0.6) is 0 Å². The number of carbonyl (C=O) groups excluding carboxylic acids is 1. The Bertz CT molecular complexity index is 550. The van der Waals surface area contributed by atoms with E-state index in [1.165, 1.54) is 0 Å². The number of carboxylic acids is 1. The summed E-state index contributed by atoms with van der Waals surface area (Å²) in [6.07, 6.45) is 2.74. The van der Waals surface area contributed by atoms with Crippen LogP contribution in [-0.4, -0.2) is 36.6 Å². The second-order valence-electron chi connectivity index (χ2n) is 5.43. The summed E-state index contributed by atoms with van der Waals surface area (Å²) in [6.45, 7) is 2.36. The van der Waals surface area contributed by atoms with Crippen LogP contribution in [0.3, 0.4) is 0 Å². The molecule has 1 atom stereocenters. The normalized spacial score (nSPS) is 21.6. The van der Waals surface area contributed by atoms with Crippen molar-refractivity contribution < 1.29 is 14.7 Å². The minimum absolute atomic E-state index is 0.0168. The highest BCUT2D eigenvalue weighted by atomic mass is 16.4. The second-order valence-corrected chi connectivity index (χ2v) is 5.43. The first-order chi connectivity index (χ1) is 9.66. The summed E-state index contributed by atoms with van der Waals surface area (Å²) in [4.78, 5) is 25.4. The quantitative estimate of drug-likeness (QED) is 0.852. The first-order valence-electron chi connectivity index (χ1n) is 7.05. The van der Waals surface area contributed by atoms with Crippen LogP contribution in [0.4, 0.5) is 5.69 Å². The first kappa shape index (κ1) is 13.1. The molecule has 0 radical (unpaired) electrons. The molecule has 3 rings (SSSR count). The molecule has 2 aliphatic heterocycles. The lowest BCUT2D eigenvalue weighted by Crippen LogP contribution is -2.42. The third-order valence-electron chi connectivity index (χ3n) is 4.14. The Morgan fingerprint density at radius 2 is 2.20 bits per heavy atom. The largest absolute Gasteiger partial charge is 0.478 e. The molecule has 2 heterocycles. The molecule has 1 amide bonds. The maximum atomic E-state index is 12.6. The number of hydrogen-bond acceptors (Lipinski definition) is 3. The zero-order valence-electron chi connectivity index (χ0n) is 11.3. The molecule has 1 saturated heterocycles. The second kappa shape index (κ2) is 5.25. The molecule has 106 valence electrons. The molecule has 0 aromatic heterocycles. The van der Waals surface area contributed by atoms with E-state index in [2.05, 4.69) is 5.32 Å². The Hall–Kier alpha value is -1.88. The fourth-order valence-corrected chi connectivity index (χ4v) is 3.02. The predicted molar refractivity (Wildman–Crippen MR) is 75.1 cm³/mol. The molecule has 1 aromatic rings. The Morgan fingerprint density at radius 1 is 1.35 bits per heavy atom. The third kappa shape index (κ3) is 2.29. The molecule has 0 spiro atoms.